The van der Waals surface area contributed by atoms with Gasteiger partial charge in [0.1, 0.15) is 12.4 Å². The summed E-state index contributed by atoms with van der Waals surface area (Å²) in [7, 11) is -3.43. The Morgan fingerprint density at radius 1 is 1.10 bits per heavy atom. The fourth-order valence-electron chi connectivity index (χ4n) is 3.08. The lowest BCUT2D eigenvalue weighted by atomic mass is 10.1. The van der Waals surface area contributed by atoms with E-state index < -0.39 is 10.0 Å². The van der Waals surface area contributed by atoms with Crippen molar-refractivity contribution in [1.82, 2.24) is 5.32 Å². The van der Waals surface area contributed by atoms with Gasteiger partial charge in [0.15, 0.2) is 0 Å². The first-order valence-corrected chi connectivity index (χ1v) is 12.7. The van der Waals surface area contributed by atoms with Crippen LogP contribution in [0.25, 0.3) is 0 Å². The number of ether oxygens (including phenoxy) is 1. The molecule has 0 spiro atoms. The monoisotopic (exact) mass is 466 g/mol. The summed E-state index contributed by atoms with van der Waals surface area (Å²) < 4.78 is 31.4. The number of hydrogen-bond donors (Lipinski definition) is 1. The molecule has 0 unspecified atom stereocenters. The maximum Gasteiger partial charge on any atom is 0.232 e. The Bertz CT molecular complexity index is 933. The van der Waals surface area contributed by atoms with Crippen LogP contribution < -0.4 is 14.4 Å². The Morgan fingerprint density at radius 3 is 2.45 bits per heavy atom. The number of nitrogens with one attached hydrogen (secondary N) is 1. The lowest BCUT2D eigenvalue weighted by Crippen LogP contribution is -2.32. The standard InChI is InChI=1S/C23H31ClN2O4S/c1-3-4-8-19-12-14-20(15-13-19)26(31(2,28)29)17-7-11-23(27)25-16-18-30-22-10-6-5-9-21(22)24/h5-6,9-10,12-15H,3-4,7-8,11,16-18H2,1-2H3,(H,25,27). The highest BCUT2D eigenvalue weighted by molar-refractivity contribution is 7.92. The van der Waals surface area contributed by atoms with Gasteiger partial charge in [-0.2, -0.15) is 0 Å². The molecule has 6 nitrogen and oxygen atoms in total. The highest BCUT2D eigenvalue weighted by Gasteiger charge is 2.17. The van der Waals surface area contributed by atoms with Gasteiger partial charge in [0.05, 0.1) is 23.5 Å². The fraction of sp³-hybridized carbons (Fsp3) is 0.435. The summed E-state index contributed by atoms with van der Waals surface area (Å²) in [5, 5.41) is 3.30. The molecule has 0 heterocycles. The van der Waals surface area contributed by atoms with E-state index >= 15 is 0 Å². The van der Waals surface area contributed by atoms with Crippen LogP contribution in [0.3, 0.4) is 0 Å². The van der Waals surface area contributed by atoms with Crippen molar-refractivity contribution >= 4 is 33.2 Å². The number of unbranched alkanes of at least 4 members (excludes halogenated alkanes) is 1. The van der Waals surface area contributed by atoms with Crippen molar-refractivity contribution in [3.63, 3.8) is 0 Å². The molecule has 0 aromatic heterocycles. The number of carbonyl (C=O) groups is 1. The molecule has 0 aliphatic heterocycles. The average molecular weight is 467 g/mol. The van der Waals surface area contributed by atoms with Crippen molar-refractivity contribution in [2.75, 3.05) is 30.3 Å². The normalized spacial score (nSPS) is 11.2. The van der Waals surface area contributed by atoms with Gasteiger partial charge in [-0.15, -0.1) is 0 Å². The first-order valence-electron chi connectivity index (χ1n) is 10.5. The predicted molar refractivity (Wildman–Crippen MR) is 126 cm³/mol. The fourth-order valence-corrected chi connectivity index (χ4v) is 4.24. The van der Waals surface area contributed by atoms with Gasteiger partial charge in [0.25, 0.3) is 0 Å². The van der Waals surface area contributed by atoms with Crippen molar-refractivity contribution in [2.45, 2.75) is 39.0 Å². The van der Waals surface area contributed by atoms with Crippen LogP contribution in [0, 0.1) is 0 Å². The van der Waals surface area contributed by atoms with Crippen LogP contribution in [0.15, 0.2) is 48.5 Å². The van der Waals surface area contributed by atoms with Gasteiger partial charge in [0, 0.05) is 13.0 Å². The van der Waals surface area contributed by atoms with Gasteiger partial charge < -0.3 is 10.1 Å². The number of sulfonamides is 1. The van der Waals surface area contributed by atoms with Crippen LogP contribution in [0.1, 0.15) is 38.2 Å². The smallest absolute Gasteiger partial charge is 0.232 e. The Labute approximate surface area is 190 Å². The van der Waals surface area contributed by atoms with E-state index in [4.69, 9.17) is 16.3 Å². The molecule has 0 aliphatic carbocycles. The van der Waals surface area contributed by atoms with Gasteiger partial charge in [0.2, 0.25) is 15.9 Å². The van der Waals surface area contributed by atoms with E-state index in [0.717, 1.165) is 19.3 Å². The lowest BCUT2D eigenvalue weighted by Gasteiger charge is -2.22. The highest BCUT2D eigenvalue weighted by Crippen LogP contribution is 2.23. The minimum atomic E-state index is -3.43. The van der Waals surface area contributed by atoms with Gasteiger partial charge >= 0.3 is 0 Å². The average Bonchev–Trinajstić information content (AvgIpc) is 2.73. The molecule has 0 aliphatic rings. The Kier molecular flexibility index (Phi) is 10.1. The molecule has 170 valence electrons. The number of carbonyl (C=O) groups excluding carboxylic acids is 1. The minimum Gasteiger partial charge on any atom is -0.490 e. The zero-order valence-corrected chi connectivity index (χ0v) is 19.7. The lowest BCUT2D eigenvalue weighted by molar-refractivity contribution is -0.121. The minimum absolute atomic E-state index is 0.147. The molecular formula is C23H31ClN2O4S. The molecular weight excluding hydrogens is 436 g/mol. The number of anilines is 1. The number of benzene rings is 2. The van der Waals surface area contributed by atoms with Crippen molar-refractivity contribution in [3.8, 4) is 5.75 Å². The van der Waals surface area contributed by atoms with Crippen LogP contribution in [-0.4, -0.2) is 40.3 Å². The van der Waals surface area contributed by atoms with E-state index in [1.165, 1.54) is 16.1 Å². The second kappa shape index (κ2) is 12.6. The summed E-state index contributed by atoms with van der Waals surface area (Å²) in [6, 6.07) is 14.7. The van der Waals surface area contributed by atoms with Gasteiger partial charge in [-0.05, 0) is 49.1 Å². The third-order valence-corrected chi connectivity index (χ3v) is 6.23. The topological polar surface area (TPSA) is 75.7 Å². The zero-order chi connectivity index (χ0) is 22.7. The number of nitrogens with zero attached hydrogens (tertiary/aromatic N) is 1. The summed E-state index contributed by atoms with van der Waals surface area (Å²) in [5.41, 5.74) is 1.81. The zero-order valence-electron chi connectivity index (χ0n) is 18.1. The SMILES string of the molecule is CCCCc1ccc(N(CCCC(=O)NCCOc2ccccc2Cl)S(C)(=O)=O)cc1. The molecule has 0 saturated heterocycles. The second-order valence-corrected chi connectivity index (χ2v) is 9.65. The van der Waals surface area contributed by atoms with Crippen molar-refractivity contribution in [2.24, 2.45) is 0 Å². The number of rotatable bonds is 13. The van der Waals surface area contributed by atoms with Crippen LogP contribution in [0.5, 0.6) is 5.75 Å². The molecule has 0 bridgehead atoms. The summed E-state index contributed by atoms with van der Waals surface area (Å²) in [6.45, 7) is 3.03. The maximum absolute atomic E-state index is 12.2. The van der Waals surface area contributed by atoms with Crippen molar-refractivity contribution < 1.29 is 17.9 Å². The first-order chi connectivity index (χ1) is 14.8. The molecule has 8 heteroatoms. The summed E-state index contributed by atoms with van der Waals surface area (Å²) in [6.07, 6.45) is 5.04. The molecule has 1 amide bonds. The quantitative estimate of drug-likeness (QED) is 0.443. The van der Waals surface area contributed by atoms with E-state index in [1.54, 1.807) is 12.1 Å². The highest BCUT2D eigenvalue weighted by atomic mass is 35.5. The number of hydrogen-bond acceptors (Lipinski definition) is 4. The van der Waals surface area contributed by atoms with E-state index in [-0.39, 0.29) is 18.9 Å². The molecule has 0 atom stereocenters. The van der Waals surface area contributed by atoms with Gasteiger partial charge in [-0.25, -0.2) is 8.42 Å². The summed E-state index contributed by atoms with van der Waals surface area (Å²) in [4.78, 5) is 12.1. The van der Waals surface area contributed by atoms with Gasteiger partial charge in [-0.3, -0.25) is 9.10 Å². The van der Waals surface area contributed by atoms with E-state index in [9.17, 15) is 13.2 Å². The summed E-state index contributed by atoms with van der Waals surface area (Å²) in [5.74, 6) is 0.425. The molecule has 2 rings (SSSR count). The molecule has 1 N–H and O–H groups in total. The molecule has 2 aromatic rings. The van der Waals surface area contributed by atoms with Gasteiger partial charge in [-0.1, -0.05) is 49.2 Å². The van der Waals surface area contributed by atoms with Crippen molar-refractivity contribution in [3.05, 3.63) is 59.1 Å². The molecule has 0 radical (unpaired) electrons. The first kappa shape index (κ1) is 25.0. The third-order valence-electron chi connectivity index (χ3n) is 4.73. The molecule has 0 fully saturated rings. The molecule has 2 aromatic carbocycles. The van der Waals surface area contributed by atoms with Crippen LogP contribution in [0.2, 0.25) is 5.02 Å². The summed E-state index contributed by atoms with van der Waals surface area (Å²) >= 11 is 6.02. The number of halogens is 1. The maximum atomic E-state index is 12.2. The third kappa shape index (κ3) is 8.79. The van der Waals surface area contributed by atoms with Crippen LogP contribution >= 0.6 is 11.6 Å². The van der Waals surface area contributed by atoms with E-state index in [2.05, 4.69) is 12.2 Å². The molecule has 31 heavy (non-hydrogen) atoms. The largest absolute Gasteiger partial charge is 0.490 e. The second-order valence-electron chi connectivity index (χ2n) is 7.34. The Morgan fingerprint density at radius 2 is 1.81 bits per heavy atom. The Hall–Kier alpha value is -2.25. The van der Waals surface area contributed by atoms with E-state index in [0.29, 0.717) is 36.0 Å². The van der Waals surface area contributed by atoms with Crippen LogP contribution in [-0.2, 0) is 21.2 Å². The predicted octanol–water partition coefficient (Wildman–Crippen LogP) is 4.42. The molecule has 0 saturated carbocycles. The number of amides is 1. The van der Waals surface area contributed by atoms with Crippen molar-refractivity contribution in [1.29, 1.82) is 0 Å². The van der Waals surface area contributed by atoms with Crippen LogP contribution in [0.4, 0.5) is 5.69 Å². The number of aryl methyl sites for hydroxylation is 1. The van der Waals surface area contributed by atoms with E-state index in [1.807, 2.05) is 36.4 Å². The number of para-hydroxylation sites is 1. The Balaban J connectivity index is 1.77.